The molecule has 0 aliphatic heterocycles. The zero-order chi connectivity index (χ0) is 13.8. The number of hydrogen-bond acceptors (Lipinski definition) is 3. The first kappa shape index (κ1) is 13.3. The Kier molecular flexibility index (Phi) is 4.07. The second kappa shape index (κ2) is 6.14. The molecule has 1 aliphatic carbocycles. The zero-order valence-corrected chi connectivity index (χ0v) is 12.0. The molecule has 2 aromatic heterocycles. The van der Waals surface area contributed by atoms with Crippen LogP contribution in [-0.4, -0.2) is 16.5 Å². The fraction of sp³-hybridized carbons (Fsp3) is 0.412. The Labute approximate surface area is 120 Å². The Bertz CT molecular complexity index is 580. The van der Waals surface area contributed by atoms with Crippen LogP contribution >= 0.6 is 0 Å². The average Bonchev–Trinajstić information content (AvgIpc) is 2.52. The first-order chi connectivity index (χ1) is 9.88. The van der Waals surface area contributed by atoms with Crippen LogP contribution in [0, 0.1) is 0 Å². The molecule has 104 valence electrons. The van der Waals surface area contributed by atoms with Gasteiger partial charge in [-0.2, -0.15) is 0 Å². The van der Waals surface area contributed by atoms with Crippen molar-refractivity contribution in [3.8, 4) is 0 Å². The van der Waals surface area contributed by atoms with Crippen molar-refractivity contribution in [1.29, 1.82) is 0 Å². The van der Waals surface area contributed by atoms with Crippen LogP contribution in [0.5, 0.6) is 0 Å². The van der Waals surface area contributed by atoms with E-state index in [4.69, 9.17) is 0 Å². The van der Waals surface area contributed by atoms with Crippen molar-refractivity contribution in [2.24, 2.45) is 0 Å². The Hall–Kier alpha value is -1.74. The monoisotopic (exact) mass is 267 g/mol. The van der Waals surface area contributed by atoms with Gasteiger partial charge in [-0.15, -0.1) is 0 Å². The minimum absolute atomic E-state index is 0.411. The SMILES string of the molecule is CCNCc1cncc(C2CCCc3cccnc32)c1. The number of nitrogens with one attached hydrogen (secondary N) is 1. The zero-order valence-electron chi connectivity index (χ0n) is 12.0. The smallest absolute Gasteiger partial charge is 0.0510 e. The Balaban J connectivity index is 1.90. The molecule has 20 heavy (non-hydrogen) atoms. The van der Waals surface area contributed by atoms with Gasteiger partial charge in [0, 0.05) is 31.1 Å². The van der Waals surface area contributed by atoms with Gasteiger partial charge in [-0.1, -0.05) is 19.1 Å². The molecule has 2 heterocycles. The highest BCUT2D eigenvalue weighted by molar-refractivity contribution is 5.35. The standard InChI is InChI=1S/C17H21N3/c1-2-18-10-13-9-15(12-19-11-13)16-7-3-5-14-6-4-8-20-17(14)16/h4,6,8-9,11-12,16,18H,2-3,5,7,10H2,1H3. The lowest BCUT2D eigenvalue weighted by molar-refractivity contribution is 0.596. The third kappa shape index (κ3) is 2.73. The molecule has 0 spiro atoms. The molecular formula is C17H21N3. The first-order valence-corrected chi connectivity index (χ1v) is 7.47. The van der Waals surface area contributed by atoms with E-state index in [1.165, 1.54) is 35.2 Å². The minimum Gasteiger partial charge on any atom is -0.313 e. The Morgan fingerprint density at radius 2 is 2.30 bits per heavy atom. The molecule has 2 aromatic rings. The van der Waals surface area contributed by atoms with Gasteiger partial charge in [0.05, 0.1) is 5.69 Å². The van der Waals surface area contributed by atoms with Crippen LogP contribution in [0.4, 0.5) is 0 Å². The van der Waals surface area contributed by atoms with Crippen molar-refractivity contribution in [1.82, 2.24) is 15.3 Å². The Morgan fingerprint density at radius 1 is 1.35 bits per heavy atom. The summed E-state index contributed by atoms with van der Waals surface area (Å²) in [5.41, 5.74) is 5.22. The van der Waals surface area contributed by atoms with E-state index in [2.05, 4.69) is 34.3 Å². The summed E-state index contributed by atoms with van der Waals surface area (Å²) >= 11 is 0. The summed E-state index contributed by atoms with van der Waals surface area (Å²) in [6.45, 7) is 4.00. The molecule has 1 N–H and O–H groups in total. The second-order valence-corrected chi connectivity index (χ2v) is 5.40. The van der Waals surface area contributed by atoms with Crippen LogP contribution in [0.3, 0.4) is 0 Å². The lowest BCUT2D eigenvalue weighted by Gasteiger charge is -2.24. The molecule has 3 rings (SSSR count). The van der Waals surface area contributed by atoms with E-state index in [0.29, 0.717) is 5.92 Å². The van der Waals surface area contributed by atoms with Crippen molar-refractivity contribution in [2.45, 2.75) is 38.6 Å². The first-order valence-electron chi connectivity index (χ1n) is 7.47. The predicted molar refractivity (Wildman–Crippen MR) is 80.6 cm³/mol. The predicted octanol–water partition coefficient (Wildman–Crippen LogP) is 3.05. The molecule has 1 atom stereocenters. The van der Waals surface area contributed by atoms with Gasteiger partial charge in [-0.3, -0.25) is 9.97 Å². The molecule has 1 aliphatic rings. The molecule has 1 unspecified atom stereocenters. The van der Waals surface area contributed by atoms with E-state index in [1.54, 1.807) is 0 Å². The molecule has 0 aromatic carbocycles. The summed E-state index contributed by atoms with van der Waals surface area (Å²) in [6, 6.07) is 6.54. The number of nitrogens with zero attached hydrogens (tertiary/aromatic N) is 2. The molecule has 3 nitrogen and oxygen atoms in total. The van der Waals surface area contributed by atoms with Gasteiger partial charge in [0.15, 0.2) is 0 Å². The number of aromatic nitrogens is 2. The van der Waals surface area contributed by atoms with Gasteiger partial charge in [0.1, 0.15) is 0 Å². The maximum absolute atomic E-state index is 4.63. The number of fused-ring (bicyclic) bond motifs is 1. The fourth-order valence-corrected chi connectivity index (χ4v) is 3.00. The van der Waals surface area contributed by atoms with E-state index in [1.807, 2.05) is 24.7 Å². The van der Waals surface area contributed by atoms with E-state index >= 15 is 0 Å². The maximum Gasteiger partial charge on any atom is 0.0510 e. The number of hydrogen-bond donors (Lipinski definition) is 1. The normalized spacial score (nSPS) is 17.8. The lowest BCUT2D eigenvalue weighted by Crippen LogP contribution is -2.15. The summed E-state index contributed by atoms with van der Waals surface area (Å²) in [5.74, 6) is 0.411. The highest BCUT2D eigenvalue weighted by Gasteiger charge is 2.23. The average molecular weight is 267 g/mol. The number of aryl methyl sites for hydroxylation is 1. The third-order valence-corrected chi connectivity index (χ3v) is 3.99. The van der Waals surface area contributed by atoms with Crippen molar-refractivity contribution >= 4 is 0 Å². The Morgan fingerprint density at radius 3 is 3.20 bits per heavy atom. The molecule has 0 saturated heterocycles. The van der Waals surface area contributed by atoms with Gasteiger partial charge in [0.2, 0.25) is 0 Å². The van der Waals surface area contributed by atoms with Gasteiger partial charge >= 0.3 is 0 Å². The van der Waals surface area contributed by atoms with Crippen molar-refractivity contribution in [3.63, 3.8) is 0 Å². The molecule has 0 saturated carbocycles. The third-order valence-electron chi connectivity index (χ3n) is 3.99. The van der Waals surface area contributed by atoms with Crippen LogP contribution in [0.15, 0.2) is 36.8 Å². The van der Waals surface area contributed by atoms with Gasteiger partial charge in [-0.25, -0.2) is 0 Å². The summed E-state index contributed by atoms with van der Waals surface area (Å²) < 4.78 is 0. The lowest BCUT2D eigenvalue weighted by atomic mass is 9.82. The molecule has 0 bridgehead atoms. The number of rotatable bonds is 4. The molecule has 0 amide bonds. The van der Waals surface area contributed by atoms with Crippen LogP contribution in [0.2, 0.25) is 0 Å². The number of pyridine rings is 2. The van der Waals surface area contributed by atoms with Crippen LogP contribution in [0.25, 0.3) is 0 Å². The van der Waals surface area contributed by atoms with Crippen LogP contribution in [0.1, 0.15) is 48.1 Å². The molecule has 0 radical (unpaired) electrons. The van der Waals surface area contributed by atoms with E-state index in [9.17, 15) is 0 Å². The maximum atomic E-state index is 4.63. The highest BCUT2D eigenvalue weighted by atomic mass is 14.8. The fourth-order valence-electron chi connectivity index (χ4n) is 3.00. The van der Waals surface area contributed by atoms with Crippen molar-refractivity contribution in [2.75, 3.05) is 6.54 Å². The second-order valence-electron chi connectivity index (χ2n) is 5.40. The van der Waals surface area contributed by atoms with E-state index < -0.39 is 0 Å². The topological polar surface area (TPSA) is 37.8 Å². The summed E-state index contributed by atoms with van der Waals surface area (Å²) in [5, 5.41) is 3.36. The molecular weight excluding hydrogens is 246 g/mol. The summed E-state index contributed by atoms with van der Waals surface area (Å²) in [7, 11) is 0. The van der Waals surface area contributed by atoms with Crippen molar-refractivity contribution in [3.05, 3.63) is 59.2 Å². The van der Waals surface area contributed by atoms with Gasteiger partial charge in [0.25, 0.3) is 0 Å². The largest absolute Gasteiger partial charge is 0.313 e. The van der Waals surface area contributed by atoms with Crippen LogP contribution in [-0.2, 0) is 13.0 Å². The summed E-state index contributed by atoms with van der Waals surface area (Å²) in [4.78, 5) is 9.04. The summed E-state index contributed by atoms with van der Waals surface area (Å²) in [6.07, 6.45) is 9.44. The minimum atomic E-state index is 0.411. The van der Waals surface area contributed by atoms with E-state index in [0.717, 1.165) is 19.5 Å². The highest BCUT2D eigenvalue weighted by Crippen LogP contribution is 2.34. The molecule has 0 fully saturated rings. The quantitative estimate of drug-likeness (QED) is 0.925. The molecule has 3 heteroatoms. The van der Waals surface area contributed by atoms with Gasteiger partial charge < -0.3 is 5.32 Å². The van der Waals surface area contributed by atoms with Crippen LogP contribution < -0.4 is 5.32 Å². The van der Waals surface area contributed by atoms with Gasteiger partial charge in [-0.05, 0) is 48.6 Å². The van der Waals surface area contributed by atoms with Crippen molar-refractivity contribution < 1.29 is 0 Å². The van der Waals surface area contributed by atoms with E-state index in [-0.39, 0.29) is 0 Å².